The lowest BCUT2D eigenvalue weighted by atomic mass is 10.2. The number of carbonyl (C=O) groups excluding carboxylic acids is 1. The highest BCUT2D eigenvalue weighted by atomic mass is 35.5. The van der Waals surface area contributed by atoms with Crippen LogP contribution in [-0.4, -0.2) is 52.0 Å². The van der Waals surface area contributed by atoms with Crippen LogP contribution in [0.1, 0.15) is 16.7 Å². The molecule has 0 bridgehead atoms. The molecule has 3 rings (SSSR count). The van der Waals surface area contributed by atoms with Crippen molar-refractivity contribution in [3.05, 3.63) is 94.5 Å². The lowest BCUT2D eigenvalue weighted by Gasteiger charge is -2.22. The van der Waals surface area contributed by atoms with Crippen LogP contribution in [0.15, 0.2) is 82.6 Å². The van der Waals surface area contributed by atoms with E-state index >= 15 is 0 Å². The fourth-order valence-corrected chi connectivity index (χ4v) is 5.83. The van der Waals surface area contributed by atoms with Crippen LogP contribution in [0, 0.1) is 6.92 Å². The average molecular weight is 550 g/mol. The molecule has 8 nitrogen and oxygen atoms in total. The summed E-state index contributed by atoms with van der Waals surface area (Å²) in [5, 5.41) is 3.17. The molecule has 0 saturated heterocycles. The van der Waals surface area contributed by atoms with Crippen LogP contribution >= 0.6 is 11.6 Å². The van der Waals surface area contributed by atoms with E-state index in [2.05, 4.69) is 5.32 Å². The van der Waals surface area contributed by atoms with Gasteiger partial charge in [-0.2, -0.15) is 4.31 Å². The van der Waals surface area contributed by atoms with Gasteiger partial charge >= 0.3 is 0 Å². The van der Waals surface area contributed by atoms with E-state index in [4.69, 9.17) is 11.6 Å². The SMILES string of the molecule is Cc1ccc(S(=O)(=O)N(CC(=O)NCc2ccc(S(=O)(=O)N(C)C)cc2)Cc2cccc(Cl)c2)cc1. The average Bonchev–Trinajstić information content (AvgIpc) is 2.83. The van der Waals surface area contributed by atoms with Crippen molar-refractivity contribution in [1.82, 2.24) is 13.9 Å². The minimum absolute atomic E-state index is 0.0404. The molecule has 0 aromatic heterocycles. The second-order valence-corrected chi connectivity index (χ2v) is 13.0. The first-order chi connectivity index (χ1) is 16.9. The summed E-state index contributed by atoms with van der Waals surface area (Å²) in [5.41, 5.74) is 2.23. The van der Waals surface area contributed by atoms with Crippen LogP contribution in [0.25, 0.3) is 0 Å². The van der Waals surface area contributed by atoms with Gasteiger partial charge in [0.2, 0.25) is 26.0 Å². The summed E-state index contributed by atoms with van der Waals surface area (Å²) < 4.78 is 53.4. The molecule has 0 spiro atoms. The van der Waals surface area contributed by atoms with Gasteiger partial charge in [-0.1, -0.05) is 53.6 Å². The summed E-state index contributed by atoms with van der Waals surface area (Å²) in [6.45, 7) is 1.52. The van der Waals surface area contributed by atoms with Crippen molar-refractivity contribution in [3.63, 3.8) is 0 Å². The summed E-state index contributed by atoms with van der Waals surface area (Å²) in [7, 11) is -4.64. The van der Waals surface area contributed by atoms with E-state index in [9.17, 15) is 21.6 Å². The number of carbonyl (C=O) groups is 1. The van der Waals surface area contributed by atoms with Gasteiger partial charge in [0.25, 0.3) is 0 Å². The van der Waals surface area contributed by atoms with Gasteiger partial charge in [0.1, 0.15) is 0 Å². The van der Waals surface area contributed by atoms with Crippen molar-refractivity contribution < 1.29 is 21.6 Å². The van der Waals surface area contributed by atoms with Crippen molar-refractivity contribution in [1.29, 1.82) is 0 Å². The number of sulfonamides is 2. The monoisotopic (exact) mass is 549 g/mol. The minimum atomic E-state index is -3.98. The maximum absolute atomic E-state index is 13.4. The van der Waals surface area contributed by atoms with Crippen LogP contribution in [0.4, 0.5) is 0 Å². The van der Waals surface area contributed by atoms with Gasteiger partial charge in [-0.3, -0.25) is 4.79 Å². The quantitative estimate of drug-likeness (QED) is 0.417. The molecular formula is C25H28ClN3O5S2. The maximum Gasteiger partial charge on any atom is 0.243 e. The van der Waals surface area contributed by atoms with Crippen molar-refractivity contribution in [3.8, 4) is 0 Å². The molecule has 0 atom stereocenters. The fraction of sp³-hybridized carbons (Fsp3) is 0.240. The van der Waals surface area contributed by atoms with Gasteiger partial charge in [-0.05, 0) is 54.4 Å². The maximum atomic E-state index is 13.4. The van der Waals surface area contributed by atoms with E-state index in [0.717, 1.165) is 14.2 Å². The molecule has 192 valence electrons. The van der Waals surface area contributed by atoms with Gasteiger partial charge in [0, 0.05) is 32.2 Å². The predicted octanol–water partition coefficient (Wildman–Crippen LogP) is 3.41. The zero-order valence-electron chi connectivity index (χ0n) is 20.2. The highest BCUT2D eigenvalue weighted by Gasteiger charge is 2.27. The Morgan fingerprint density at radius 1 is 0.833 bits per heavy atom. The molecule has 1 amide bonds. The van der Waals surface area contributed by atoms with Gasteiger partial charge < -0.3 is 5.32 Å². The molecule has 3 aromatic rings. The lowest BCUT2D eigenvalue weighted by Crippen LogP contribution is -2.40. The number of rotatable bonds is 10. The van der Waals surface area contributed by atoms with E-state index in [0.29, 0.717) is 16.1 Å². The number of hydrogen-bond acceptors (Lipinski definition) is 5. The summed E-state index contributed by atoms with van der Waals surface area (Å²) in [4.78, 5) is 13.0. The molecule has 1 N–H and O–H groups in total. The van der Waals surface area contributed by atoms with E-state index in [1.54, 1.807) is 48.5 Å². The Bertz CT molecular complexity index is 1420. The normalized spacial score (nSPS) is 12.2. The predicted molar refractivity (Wildman–Crippen MR) is 139 cm³/mol. The topological polar surface area (TPSA) is 104 Å². The Morgan fingerprint density at radius 3 is 2.00 bits per heavy atom. The molecule has 0 saturated carbocycles. The fourth-order valence-electron chi connectivity index (χ4n) is 3.33. The van der Waals surface area contributed by atoms with Gasteiger partial charge in [-0.15, -0.1) is 0 Å². The Balaban J connectivity index is 1.76. The Hall–Kier alpha value is -2.76. The molecule has 0 aliphatic rings. The molecule has 0 fully saturated rings. The Morgan fingerprint density at radius 2 is 1.42 bits per heavy atom. The van der Waals surface area contributed by atoms with Crippen molar-refractivity contribution in [2.75, 3.05) is 20.6 Å². The van der Waals surface area contributed by atoms with E-state index in [-0.39, 0.29) is 22.9 Å². The number of nitrogens with zero attached hydrogens (tertiary/aromatic N) is 2. The Labute approximate surface area is 217 Å². The second kappa shape index (κ2) is 11.5. The number of benzene rings is 3. The number of aryl methyl sites for hydroxylation is 1. The van der Waals surface area contributed by atoms with E-state index in [1.807, 2.05) is 6.92 Å². The Kier molecular flexibility index (Phi) is 8.91. The second-order valence-electron chi connectivity index (χ2n) is 8.42. The first-order valence-corrected chi connectivity index (χ1v) is 14.2. The standard InChI is InChI=1S/C25H28ClN3O5S2/c1-19-7-11-24(12-8-19)36(33,34)29(17-21-5-4-6-22(26)15-21)18-25(30)27-16-20-9-13-23(14-10-20)35(31,32)28(2)3/h4-15H,16-18H2,1-3H3,(H,27,30). The molecule has 36 heavy (non-hydrogen) atoms. The summed E-state index contributed by atoms with van der Waals surface area (Å²) in [6.07, 6.45) is 0. The van der Waals surface area contributed by atoms with Gasteiger partial charge in [-0.25, -0.2) is 21.1 Å². The van der Waals surface area contributed by atoms with Crippen LogP contribution < -0.4 is 5.32 Å². The van der Waals surface area contributed by atoms with Crippen LogP contribution in [0.5, 0.6) is 0 Å². The summed E-state index contributed by atoms with van der Waals surface area (Å²) in [5.74, 6) is -0.502. The van der Waals surface area contributed by atoms with Crippen LogP contribution in [-0.2, 0) is 37.9 Å². The highest BCUT2D eigenvalue weighted by Crippen LogP contribution is 2.21. The van der Waals surface area contributed by atoms with Crippen molar-refractivity contribution in [2.45, 2.75) is 29.8 Å². The molecule has 0 radical (unpaired) electrons. The van der Waals surface area contributed by atoms with Crippen LogP contribution in [0.2, 0.25) is 5.02 Å². The minimum Gasteiger partial charge on any atom is -0.351 e. The smallest absolute Gasteiger partial charge is 0.243 e. The molecular weight excluding hydrogens is 522 g/mol. The van der Waals surface area contributed by atoms with Crippen LogP contribution in [0.3, 0.4) is 0 Å². The van der Waals surface area contributed by atoms with E-state index in [1.165, 1.54) is 38.4 Å². The van der Waals surface area contributed by atoms with Gasteiger partial charge in [0.05, 0.1) is 16.3 Å². The van der Waals surface area contributed by atoms with E-state index < -0.39 is 32.5 Å². The first kappa shape index (κ1) is 27.8. The summed E-state index contributed by atoms with van der Waals surface area (Å²) >= 11 is 6.07. The van der Waals surface area contributed by atoms with Crippen molar-refractivity contribution >= 4 is 37.6 Å². The molecule has 0 heterocycles. The highest BCUT2D eigenvalue weighted by molar-refractivity contribution is 7.89. The first-order valence-electron chi connectivity index (χ1n) is 11.0. The molecule has 0 aliphatic carbocycles. The summed E-state index contributed by atoms with van der Waals surface area (Å²) in [6, 6.07) is 19.3. The largest absolute Gasteiger partial charge is 0.351 e. The number of hydrogen-bond donors (Lipinski definition) is 1. The third kappa shape index (κ3) is 6.92. The molecule has 3 aromatic carbocycles. The lowest BCUT2D eigenvalue weighted by molar-refractivity contribution is -0.121. The zero-order chi connectivity index (χ0) is 26.5. The molecule has 0 unspecified atom stereocenters. The van der Waals surface area contributed by atoms with Crippen molar-refractivity contribution in [2.24, 2.45) is 0 Å². The van der Waals surface area contributed by atoms with Gasteiger partial charge in [0.15, 0.2) is 0 Å². The molecule has 0 aliphatic heterocycles. The third-order valence-electron chi connectivity index (χ3n) is 5.42. The number of nitrogens with one attached hydrogen (secondary N) is 1. The third-order valence-corrected chi connectivity index (χ3v) is 9.29. The number of amides is 1. The molecule has 11 heteroatoms. The zero-order valence-corrected chi connectivity index (χ0v) is 22.6. The number of halogens is 1.